The minimum Gasteiger partial charge on any atom is -0.444 e. The highest BCUT2D eigenvalue weighted by atomic mass is 19.4. The van der Waals surface area contributed by atoms with Crippen LogP contribution in [0.15, 0.2) is 35.2 Å². The standard InChI is InChI=1S/C15H15F3N2O/c1-10-2-3-20(8-10)13-5-11(14-7-19-9-21-14)4-12(6-13)15(16,17)18/h4-7,9-10H,2-3,8H2,1H3. The number of nitrogens with zero attached hydrogens (tertiary/aromatic N) is 2. The Morgan fingerprint density at radius 3 is 2.67 bits per heavy atom. The molecule has 1 saturated heterocycles. The summed E-state index contributed by atoms with van der Waals surface area (Å²) < 4.78 is 44.4. The van der Waals surface area contributed by atoms with Crippen molar-refractivity contribution in [3.05, 3.63) is 36.4 Å². The third-order valence-electron chi connectivity index (χ3n) is 3.75. The Hall–Kier alpha value is -1.98. The van der Waals surface area contributed by atoms with Crippen molar-refractivity contribution in [3.8, 4) is 11.3 Å². The van der Waals surface area contributed by atoms with Gasteiger partial charge in [-0.3, -0.25) is 0 Å². The van der Waals surface area contributed by atoms with E-state index in [2.05, 4.69) is 11.9 Å². The maximum absolute atomic E-state index is 13.1. The number of alkyl halides is 3. The van der Waals surface area contributed by atoms with Crippen molar-refractivity contribution < 1.29 is 17.6 Å². The predicted octanol–water partition coefficient (Wildman–Crippen LogP) is 4.21. The van der Waals surface area contributed by atoms with Crippen LogP contribution in [-0.4, -0.2) is 18.1 Å². The Morgan fingerprint density at radius 2 is 2.10 bits per heavy atom. The van der Waals surface area contributed by atoms with Crippen LogP contribution in [0.1, 0.15) is 18.9 Å². The SMILES string of the molecule is CC1CCN(c2cc(-c3cnco3)cc(C(F)(F)F)c2)C1. The molecule has 1 aromatic carbocycles. The van der Waals surface area contributed by atoms with Crippen LogP contribution in [0, 0.1) is 5.92 Å². The molecule has 1 atom stereocenters. The number of hydrogen-bond acceptors (Lipinski definition) is 3. The summed E-state index contributed by atoms with van der Waals surface area (Å²) >= 11 is 0. The molecule has 3 nitrogen and oxygen atoms in total. The fourth-order valence-electron chi connectivity index (χ4n) is 2.63. The van der Waals surface area contributed by atoms with Crippen LogP contribution in [0.4, 0.5) is 18.9 Å². The zero-order valence-corrected chi connectivity index (χ0v) is 11.5. The lowest BCUT2D eigenvalue weighted by molar-refractivity contribution is -0.137. The Labute approximate surface area is 120 Å². The number of hydrogen-bond donors (Lipinski definition) is 0. The first kappa shape index (κ1) is 14.0. The smallest absolute Gasteiger partial charge is 0.416 e. The van der Waals surface area contributed by atoms with E-state index >= 15 is 0 Å². The van der Waals surface area contributed by atoms with Crippen molar-refractivity contribution in [1.82, 2.24) is 4.98 Å². The topological polar surface area (TPSA) is 29.3 Å². The maximum Gasteiger partial charge on any atom is 0.416 e. The molecule has 3 rings (SSSR count). The van der Waals surface area contributed by atoms with Gasteiger partial charge in [-0.15, -0.1) is 0 Å². The lowest BCUT2D eigenvalue weighted by Crippen LogP contribution is -2.20. The average molecular weight is 296 g/mol. The lowest BCUT2D eigenvalue weighted by Gasteiger charge is -2.20. The monoisotopic (exact) mass is 296 g/mol. The zero-order chi connectivity index (χ0) is 15.0. The summed E-state index contributed by atoms with van der Waals surface area (Å²) in [6.07, 6.45) is -0.747. The minimum atomic E-state index is -4.38. The molecule has 0 aliphatic carbocycles. The molecule has 21 heavy (non-hydrogen) atoms. The van der Waals surface area contributed by atoms with Crippen LogP contribution in [-0.2, 0) is 6.18 Å². The number of aromatic nitrogens is 1. The number of oxazole rings is 1. The molecule has 6 heteroatoms. The van der Waals surface area contributed by atoms with E-state index in [4.69, 9.17) is 4.42 Å². The van der Waals surface area contributed by atoms with Gasteiger partial charge in [0.05, 0.1) is 11.8 Å². The van der Waals surface area contributed by atoms with Gasteiger partial charge in [0.1, 0.15) is 0 Å². The molecule has 0 spiro atoms. The van der Waals surface area contributed by atoms with Gasteiger partial charge in [-0.1, -0.05) is 6.92 Å². The first-order valence-electron chi connectivity index (χ1n) is 6.79. The van der Waals surface area contributed by atoms with E-state index in [0.717, 1.165) is 25.6 Å². The molecule has 1 unspecified atom stereocenters. The van der Waals surface area contributed by atoms with Gasteiger partial charge in [-0.25, -0.2) is 4.98 Å². The molecular weight excluding hydrogens is 281 g/mol. The number of rotatable bonds is 2. The van der Waals surface area contributed by atoms with Gasteiger partial charge in [0, 0.05) is 24.3 Å². The molecule has 0 amide bonds. The maximum atomic E-state index is 13.1. The predicted molar refractivity (Wildman–Crippen MR) is 72.9 cm³/mol. The minimum absolute atomic E-state index is 0.342. The Balaban J connectivity index is 2.05. The van der Waals surface area contributed by atoms with Gasteiger partial charge in [-0.05, 0) is 30.5 Å². The highest BCUT2D eigenvalue weighted by Crippen LogP contribution is 2.37. The first-order valence-corrected chi connectivity index (χ1v) is 6.79. The lowest BCUT2D eigenvalue weighted by atomic mass is 10.1. The molecule has 1 aliphatic heterocycles. The van der Waals surface area contributed by atoms with Gasteiger partial charge in [-0.2, -0.15) is 13.2 Å². The molecule has 1 aromatic heterocycles. The summed E-state index contributed by atoms with van der Waals surface area (Å²) in [6, 6.07) is 4.04. The second-order valence-electron chi connectivity index (χ2n) is 5.47. The van der Waals surface area contributed by atoms with Gasteiger partial charge in [0.25, 0.3) is 0 Å². The van der Waals surface area contributed by atoms with Crippen molar-refractivity contribution in [2.24, 2.45) is 5.92 Å². The highest BCUT2D eigenvalue weighted by molar-refractivity contribution is 5.66. The Kier molecular flexibility index (Phi) is 3.39. The van der Waals surface area contributed by atoms with Gasteiger partial charge < -0.3 is 9.32 Å². The molecule has 1 aliphatic rings. The molecule has 112 valence electrons. The van der Waals surface area contributed by atoms with Crippen molar-refractivity contribution in [3.63, 3.8) is 0 Å². The molecule has 0 N–H and O–H groups in total. The molecule has 0 bridgehead atoms. The summed E-state index contributed by atoms with van der Waals surface area (Å²) in [5.74, 6) is 0.836. The van der Waals surface area contributed by atoms with E-state index in [-0.39, 0.29) is 0 Å². The summed E-state index contributed by atoms with van der Waals surface area (Å²) in [5, 5.41) is 0. The summed E-state index contributed by atoms with van der Waals surface area (Å²) in [5.41, 5.74) is 0.323. The summed E-state index contributed by atoms with van der Waals surface area (Å²) in [7, 11) is 0. The first-order chi connectivity index (χ1) is 9.93. The highest BCUT2D eigenvalue weighted by Gasteiger charge is 2.32. The van der Waals surface area contributed by atoms with Crippen LogP contribution >= 0.6 is 0 Å². The van der Waals surface area contributed by atoms with Crippen molar-refractivity contribution in [1.29, 1.82) is 0 Å². The Morgan fingerprint density at radius 1 is 1.29 bits per heavy atom. The fraction of sp³-hybridized carbons (Fsp3) is 0.400. The molecular formula is C15H15F3N2O. The number of halogens is 3. The van der Waals surface area contributed by atoms with Crippen molar-refractivity contribution in [2.75, 3.05) is 18.0 Å². The molecule has 0 saturated carbocycles. The fourth-order valence-corrected chi connectivity index (χ4v) is 2.63. The summed E-state index contributed by atoms with van der Waals surface area (Å²) in [6.45, 7) is 3.65. The van der Waals surface area contributed by atoms with E-state index in [1.165, 1.54) is 18.7 Å². The van der Waals surface area contributed by atoms with E-state index in [9.17, 15) is 13.2 Å². The van der Waals surface area contributed by atoms with E-state index < -0.39 is 11.7 Å². The van der Waals surface area contributed by atoms with Crippen LogP contribution in [0.5, 0.6) is 0 Å². The number of anilines is 1. The van der Waals surface area contributed by atoms with Gasteiger partial charge >= 0.3 is 6.18 Å². The van der Waals surface area contributed by atoms with E-state index in [1.54, 1.807) is 6.07 Å². The largest absolute Gasteiger partial charge is 0.444 e. The van der Waals surface area contributed by atoms with Crippen molar-refractivity contribution >= 4 is 5.69 Å². The third-order valence-corrected chi connectivity index (χ3v) is 3.75. The van der Waals surface area contributed by atoms with E-state index in [0.29, 0.717) is 22.9 Å². The van der Waals surface area contributed by atoms with E-state index in [1.807, 2.05) is 4.90 Å². The van der Waals surface area contributed by atoms with Crippen LogP contribution in [0.25, 0.3) is 11.3 Å². The third kappa shape index (κ3) is 2.89. The normalized spacial score (nSPS) is 19.2. The van der Waals surface area contributed by atoms with Crippen LogP contribution in [0.2, 0.25) is 0 Å². The van der Waals surface area contributed by atoms with Crippen LogP contribution in [0.3, 0.4) is 0 Å². The van der Waals surface area contributed by atoms with Crippen LogP contribution < -0.4 is 4.90 Å². The summed E-state index contributed by atoms with van der Waals surface area (Å²) in [4.78, 5) is 5.75. The average Bonchev–Trinajstić information content (AvgIpc) is 3.08. The molecule has 0 radical (unpaired) electrons. The van der Waals surface area contributed by atoms with Crippen molar-refractivity contribution in [2.45, 2.75) is 19.5 Å². The quantitative estimate of drug-likeness (QED) is 0.831. The molecule has 1 fully saturated rings. The Bertz CT molecular complexity index is 622. The van der Waals surface area contributed by atoms with Gasteiger partial charge in [0.2, 0.25) is 0 Å². The van der Waals surface area contributed by atoms with Gasteiger partial charge in [0.15, 0.2) is 12.2 Å². The second-order valence-corrected chi connectivity index (χ2v) is 5.47. The zero-order valence-electron chi connectivity index (χ0n) is 11.5. The second kappa shape index (κ2) is 5.09. The molecule has 2 aromatic rings. The molecule has 2 heterocycles. The number of benzene rings is 1.